The Morgan fingerprint density at radius 1 is 0.947 bits per heavy atom. The summed E-state index contributed by atoms with van der Waals surface area (Å²) < 4.78 is 51.8. The van der Waals surface area contributed by atoms with Crippen LogP contribution in [0, 0.1) is 0 Å². The molecule has 3 rings (SSSR count). The van der Waals surface area contributed by atoms with E-state index >= 15 is 0 Å². The van der Waals surface area contributed by atoms with Gasteiger partial charge in [-0.1, -0.05) is 12.1 Å². The molecule has 0 aliphatic heterocycles. The van der Waals surface area contributed by atoms with Crippen LogP contribution in [0.4, 0.5) is 5.82 Å². The Labute approximate surface area is 306 Å². The molecule has 0 aliphatic rings. The average Bonchev–Trinajstić information content (AvgIpc) is 3.08. The maximum Gasteiger partial charge on any atom is 1.00 e. The molecule has 0 saturated carbocycles. The first-order valence-electron chi connectivity index (χ1n) is 9.17. The van der Waals surface area contributed by atoms with Gasteiger partial charge in [0.2, 0.25) is 0 Å². The molecule has 186 valence electrons. The van der Waals surface area contributed by atoms with Gasteiger partial charge in [0.05, 0.1) is 26.9 Å². The molecule has 0 fully saturated rings. The van der Waals surface area contributed by atoms with Gasteiger partial charge in [-0.3, -0.25) is 13.2 Å². The molecule has 0 bridgehead atoms. The summed E-state index contributed by atoms with van der Waals surface area (Å²) in [6.45, 7) is -0.193. The first-order valence-corrected chi connectivity index (χ1v) is 13.8. The van der Waals surface area contributed by atoms with Crippen LogP contribution in [0.5, 0.6) is 5.75 Å². The van der Waals surface area contributed by atoms with Crippen molar-refractivity contribution in [2.45, 2.75) is 6.54 Å². The summed E-state index contributed by atoms with van der Waals surface area (Å²) >= 11 is 0. The summed E-state index contributed by atoms with van der Waals surface area (Å²) in [6, 6.07) is 7.12. The Morgan fingerprint density at radius 2 is 1.55 bits per heavy atom. The van der Waals surface area contributed by atoms with Crippen molar-refractivity contribution < 1.29 is 170 Å². The van der Waals surface area contributed by atoms with Crippen LogP contribution >= 0.6 is 23.2 Å². The minimum Gasteiger partial charge on any atom is -0.790 e. The topological polar surface area (TPSA) is 237 Å². The van der Waals surface area contributed by atoms with Crippen LogP contribution in [0.1, 0.15) is 0 Å². The second-order valence-electron chi connectivity index (χ2n) is 6.63. The molecule has 0 saturated heterocycles. The van der Waals surface area contributed by atoms with Gasteiger partial charge in [-0.25, -0.2) is 9.97 Å². The summed E-state index contributed by atoms with van der Waals surface area (Å²) in [4.78, 5) is 51.9. The van der Waals surface area contributed by atoms with Crippen LogP contribution in [0.25, 0.3) is 22.2 Å². The number of ether oxygens (including phenoxy) is 2. The van der Waals surface area contributed by atoms with Crippen molar-refractivity contribution in [2.75, 3.05) is 25.8 Å². The van der Waals surface area contributed by atoms with Crippen molar-refractivity contribution in [3.63, 3.8) is 0 Å². The Morgan fingerprint density at radius 3 is 2.11 bits per heavy atom. The molecule has 2 aromatic heterocycles. The monoisotopic (exact) mass is 626 g/mol. The van der Waals surface area contributed by atoms with E-state index < -0.39 is 29.6 Å². The number of nitrogen functional groups attached to an aromatic ring is 1. The number of phosphoric acid groups is 2. The number of rotatable bonds is 11. The molecule has 2 heterocycles. The number of nitrogens with zero attached hydrogens (tertiary/aromatic N) is 3. The second kappa shape index (κ2) is 17.8. The summed E-state index contributed by atoms with van der Waals surface area (Å²) in [5.41, 5.74) is 7.94. The van der Waals surface area contributed by atoms with Crippen LogP contribution < -0.4 is 148 Å². The first-order chi connectivity index (χ1) is 15.8. The number of fused-ring (bicyclic) bond motifs is 1. The summed E-state index contributed by atoms with van der Waals surface area (Å²) in [6.07, 6.45) is 1.71. The molecule has 3 aromatic rings. The standard InChI is InChI=1S/C16H21N4O11P3.4Na/c1-28-12-4-2-11(3-5-12)13-8-20(16-14(13)15(17)18-9-19-16)6-7-29-10-32(21,22)30-34(26,27)31-33(23,24)25;;;;/h2-5,8-9H,6-7,10H2,1H3,(H,21,22)(H,26,27)(H2,17,18,19)(H2,23,24,25);;;;/q;4*+1/p-4. The Bertz CT molecular complexity index is 1330. The predicted molar refractivity (Wildman–Crippen MR) is 110 cm³/mol. The van der Waals surface area contributed by atoms with Gasteiger partial charge in [0.15, 0.2) is 7.60 Å². The fraction of sp³-hybridized carbons (Fsp3) is 0.250. The number of methoxy groups -OCH3 is 1. The van der Waals surface area contributed by atoms with Crippen LogP contribution in [0.2, 0.25) is 0 Å². The summed E-state index contributed by atoms with van der Waals surface area (Å²) in [7, 11) is -15.7. The maximum absolute atomic E-state index is 11.7. The van der Waals surface area contributed by atoms with Gasteiger partial charge < -0.3 is 48.5 Å². The first kappa shape index (κ1) is 42.0. The van der Waals surface area contributed by atoms with Crippen molar-refractivity contribution in [1.29, 1.82) is 0 Å². The van der Waals surface area contributed by atoms with Gasteiger partial charge in [0.1, 0.15) is 29.9 Å². The number of hydrogen-bond donors (Lipinski definition) is 1. The van der Waals surface area contributed by atoms with E-state index in [9.17, 15) is 33.3 Å². The SMILES string of the molecule is COc1ccc(-c2cn(CCOCP(=O)([O-])OP(=O)([O-])OP(=O)([O-])[O-])c3ncnc(N)c23)cc1.[Na+].[Na+].[Na+].[Na+]. The van der Waals surface area contributed by atoms with Gasteiger partial charge in [-0.2, -0.15) is 0 Å². The Balaban J connectivity index is 0. The van der Waals surface area contributed by atoms with Crippen molar-refractivity contribution in [2.24, 2.45) is 0 Å². The van der Waals surface area contributed by atoms with E-state index in [1.165, 1.54) is 13.4 Å². The summed E-state index contributed by atoms with van der Waals surface area (Å²) in [5.74, 6) is 0.865. The van der Waals surface area contributed by atoms with E-state index in [1.54, 1.807) is 35.0 Å². The molecule has 22 heteroatoms. The third-order valence-corrected chi connectivity index (χ3v) is 8.13. The molecule has 2 N–H and O–H groups in total. The zero-order chi connectivity index (χ0) is 25.1. The number of benzene rings is 1. The van der Waals surface area contributed by atoms with Crippen LogP contribution in [0.15, 0.2) is 36.8 Å². The zero-order valence-corrected chi connectivity index (χ0v) is 32.0. The molecule has 0 spiro atoms. The minimum atomic E-state index is -6.03. The fourth-order valence-electron chi connectivity index (χ4n) is 2.96. The second-order valence-corrected chi connectivity index (χ2v) is 11.2. The van der Waals surface area contributed by atoms with Crippen LogP contribution in [0.3, 0.4) is 0 Å². The van der Waals surface area contributed by atoms with E-state index in [-0.39, 0.29) is 137 Å². The van der Waals surface area contributed by atoms with E-state index in [0.717, 1.165) is 5.56 Å². The summed E-state index contributed by atoms with van der Waals surface area (Å²) in [5, 5.41) is 0.551. The average molecular weight is 626 g/mol. The smallest absolute Gasteiger partial charge is 0.790 e. The molecule has 0 amide bonds. The Hall–Kier alpha value is 1.85. The molecule has 0 aliphatic carbocycles. The normalized spacial score (nSPS) is 14.0. The predicted octanol–water partition coefficient (Wildman–Crippen LogP) is -12.4. The number of nitrogens with two attached hydrogens (primary N) is 1. The number of anilines is 1. The molecule has 38 heavy (non-hydrogen) atoms. The van der Waals surface area contributed by atoms with E-state index in [4.69, 9.17) is 15.2 Å². The van der Waals surface area contributed by atoms with E-state index in [0.29, 0.717) is 22.3 Å². The number of aromatic nitrogens is 3. The van der Waals surface area contributed by atoms with Crippen molar-refractivity contribution in [3.8, 4) is 16.9 Å². The molecular formula is C16H17N4Na4O11P3. The van der Waals surface area contributed by atoms with Crippen molar-refractivity contribution >= 4 is 40.1 Å². The minimum absolute atomic E-state index is 0. The third kappa shape index (κ3) is 12.6. The molecule has 2 unspecified atom stereocenters. The maximum atomic E-state index is 11.7. The molecule has 15 nitrogen and oxygen atoms in total. The number of hydrogen-bond acceptors (Lipinski definition) is 14. The molecular weight excluding hydrogens is 609 g/mol. The Kier molecular flexibility index (Phi) is 19.7. The van der Waals surface area contributed by atoms with Gasteiger partial charge >= 0.3 is 118 Å². The quantitative estimate of drug-likeness (QED) is 0.118. The van der Waals surface area contributed by atoms with Crippen LogP contribution in [-0.2, 0) is 33.6 Å². The van der Waals surface area contributed by atoms with Gasteiger partial charge in [-0.05, 0) is 17.7 Å². The van der Waals surface area contributed by atoms with Gasteiger partial charge in [0.25, 0.3) is 7.82 Å². The third-order valence-electron chi connectivity index (χ3n) is 4.23. The molecule has 2 atom stereocenters. The van der Waals surface area contributed by atoms with E-state index in [1.807, 2.05) is 0 Å². The van der Waals surface area contributed by atoms with Gasteiger partial charge in [-0.15, -0.1) is 0 Å². The molecule has 1 aromatic carbocycles. The zero-order valence-electron chi connectivity index (χ0n) is 21.3. The largest absolute Gasteiger partial charge is 1.00 e. The fourth-order valence-corrected chi connectivity index (χ4v) is 6.09. The van der Waals surface area contributed by atoms with Gasteiger partial charge in [0, 0.05) is 18.3 Å². The van der Waals surface area contributed by atoms with Crippen molar-refractivity contribution in [3.05, 3.63) is 36.8 Å². The van der Waals surface area contributed by atoms with Crippen LogP contribution in [-0.4, -0.2) is 34.6 Å². The van der Waals surface area contributed by atoms with E-state index in [2.05, 4.69) is 18.6 Å². The van der Waals surface area contributed by atoms with Crippen molar-refractivity contribution in [1.82, 2.24) is 14.5 Å². The molecule has 0 radical (unpaired) electrons.